The second kappa shape index (κ2) is 5.37. The summed E-state index contributed by atoms with van der Waals surface area (Å²) in [5, 5.41) is 3.47. The molecule has 1 aliphatic heterocycles. The molecule has 1 atom stereocenters. The first-order valence-electron chi connectivity index (χ1n) is 6.21. The number of thiophene rings is 2. The lowest BCUT2D eigenvalue weighted by Gasteiger charge is -2.12. The summed E-state index contributed by atoms with van der Waals surface area (Å²) in [6, 6.07) is 7.27. The number of aryl methyl sites for hydroxylation is 2. The average molecular weight is 295 g/mol. The molecule has 0 aliphatic carbocycles. The first-order chi connectivity index (χ1) is 8.78. The Balaban J connectivity index is 1.94. The van der Waals surface area contributed by atoms with Gasteiger partial charge in [-0.15, -0.1) is 22.7 Å². The molecule has 0 amide bonds. The van der Waals surface area contributed by atoms with Crippen molar-refractivity contribution in [3.63, 3.8) is 0 Å². The van der Waals surface area contributed by atoms with Gasteiger partial charge >= 0.3 is 0 Å². The summed E-state index contributed by atoms with van der Waals surface area (Å²) >= 11 is 5.96. The SMILES string of the molecule is CNC(c1ccc(C)s1)c1cc2c(s1)CCSC2. The molecule has 0 saturated heterocycles. The van der Waals surface area contributed by atoms with Crippen LogP contribution in [-0.2, 0) is 12.2 Å². The fourth-order valence-electron chi connectivity index (χ4n) is 2.35. The van der Waals surface area contributed by atoms with Gasteiger partial charge in [0.05, 0.1) is 6.04 Å². The molecule has 0 spiro atoms. The van der Waals surface area contributed by atoms with Gasteiger partial charge in [0.15, 0.2) is 0 Å². The molecule has 96 valence electrons. The quantitative estimate of drug-likeness (QED) is 0.910. The van der Waals surface area contributed by atoms with E-state index in [1.807, 2.05) is 22.7 Å². The van der Waals surface area contributed by atoms with Gasteiger partial charge < -0.3 is 5.32 Å². The largest absolute Gasteiger partial charge is 0.308 e. The molecule has 0 aromatic carbocycles. The van der Waals surface area contributed by atoms with Crippen LogP contribution < -0.4 is 5.32 Å². The van der Waals surface area contributed by atoms with Crippen LogP contribution in [0.4, 0.5) is 0 Å². The lowest BCUT2D eigenvalue weighted by atomic mass is 10.1. The van der Waals surface area contributed by atoms with Crippen molar-refractivity contribution in [3.8, 4) is 0 Å². The molecule has 3 rings (SSSR count). The topological polar surface area (TPSA) is 12.0 Å². The van der Waals surface area contributed by atoms with Gasteiger partial charge in [0.25, 0.3) is 0 Å². The molecule has 1 unspecified atom stereocenters. The lowest BCUT2D eigenvalue weighted by molar-refractivity contribution is 0.716. The van der Waals surface area contributed by atoms with Crippen molar-refractivity contribution < 1.29 is 0 Å². The number of thioether (sulfide) groups is 1. The fourth-order valence-corrected chi connectivity index (χ4v) is 5.93. The van der Waals surface area contributed by atoms with Crippen molar-refractivity contribution >= 4 is 34.4 Å². The summed E-state index contributed by atoms with van der Waals surface area (Å²) < 4.78 is 0. The Morgan fingerprint density at radius 3 is 2.78 bits per heavy atom. The first kappa shape index (κ1) is 12.7. The molecule has 2 aromatic heterocycles. The number of rotatable bonds is 3. The summed E-state index contributed by atoms with van der Waals surface area (Å²) in [6.07, 6.45) is 1.25. The van der Waals surface area contributed by atoms with Gasteiger partial charge in [-0.05, 0) is 49.9 Å². The summed E-state index contributed by atoms with van der Waals surface area (Å²) in [5.41, 5.74) is 1.57. The minimum absolute atomic E-state index is 0.379. The van der Waals surface area contributed by atoms with Gasteiger partial charge in [0.1, 0.15) is 0 Å². The van der Waals surface area contributed by atoms with Gasteiger partial charge in [-0.2, -0.15) is 11.8 Å². The number of fused-ring (bicyclic) bond motifs is 1. The van der Waals surface area contributed by atoms with Crippen molar-refractivity contribution in [2.45, 2.75) is 25.1 Å². The monoisotopic (exact) mass is 295 g/mol. The molecule has 0 saturated carbocycles. The van der Waals surface area contributed by atoms with Crippen LogP contribution in [0.15, 0.2) is 18.2 Å². The highest BCUT2D eigenvalue weighted by Crippen LogP contribution is 2.37. The van der Waals surface area contributed by atoms with Crippen molar-refractivity contribution in [1.82, 2.24) is 5.32 Å². The van der Waals surface area contributed by atoms with Gasteiger partial charge in [0, 0.05) is 25.3 Å². The van der Waals surface area contributed by atoms with Gasteiger partial charge in [-0.3, -0.25) is 0 Å². The maximum absolute atomic E-state index is 3.47. The highest BCUT2D eigenvalue weighted by molar-refractivity contribution is 7.98. The van der Waals surface area contributed by atoms with Gasteiger partial charge in [-0.1, -0.05) is 0 Å². The van der Waals surface area contributed by atoms with Crippen LogP contribution in [0.2, 0.25) is 0 Å². The molecular weight excluding hydrogens is 278 g/mol. The van der Waals surface area contributed by atoms with E-state index in [4.69, 9.17) is 0 Å². The van der Waals surface area contributed by atoms with E-state index < -0.39 is 0 Å². The van der Waals surface area contributed by atoms with Crippen LogP contribution >= 0.6 is 34.4 Å². The first-order valence-corrected chi connectivity index (χ1v) is 8.99. The van der Waals surface area contributed by atoms with Crippen LogP contribution in [-0.4, -0.2) is 12.8 Å². The highest BCUT2D eigenvalue weighted by Gasteiger charge is 2.20. The normalized spacial score (nSPS) is 16.6. The summed E-state index contributed by atoms with van der Waals surface area (Å²) in [5.74, 6) is 2.49. The average Bonchev–Trinajstić information content (AvgIpc) is 2.96. The summed E-state index contributed by atoms with van der Waals surface area (Å²) in [7, 11) is 2.06. The zero-order chi connectivity index (χ0) is 12.5. The molecule has 1 N–H and O–H groups in total. The smallest absolute Gasteiger partial charge is 0.0762 e. The van der Waals surface area contributed by atoms with E-state index in [2.05, 4.69) is 49.2 Å². The van der Waals surface area contributed by atoms with Crippen molar-refractivity contribution in [1.29, 1.82) is 0 Å². The predicted molar refractivity (Wildman–Crippen MR) is 84.1 cm³/mol. The van der Waals surface area contributed by atoms with E-state index in [0.29, 0.717) is 6.04 Å². The Bertz CT molecular complexity index is 517. The van der Waals surface area contributed by atoms with E-state index in [0.717, 1.165) is 0 Å². The van der Waals surface area contributed by atoms with Crippen LogP contribution in [0.3, 0.4) is 0 Å². The minimum Gasteiger partial charge on any atom is -0.308 e. The molecule has 4 heteroatoms. The zero-order valence-corrected chi connectivity index (χ0v) is 13.1. The molecule has 0 radical (unpaired) electrons. The molecule has 18 heavy (non-hydrogen) atoms. The van der Waals surface area contributed by atoms with E-state index in [9.17, 15) is 0 Å². The predicted octanol–water partition coefficient (Wildman–Crippen LogP) is 4.22. The number of hydrogen-bond donors (Lipinski definition) is 1. The molecular formula is C14H17NS3. The second-order valence-corrected chi connectivity index (χ2v) is 8.16. The fraction of sp³-hybridized carbons (Fsp3) is 0.429. The van der Waals surface area contributed by atoms with Crippen LogP contribution in [0, 0.1) is 6.92 Å². The molecule has 1 nitrogen and oxygen atoms in total. The highest BCUT2D eigenvalue weighted by atomic mass is 32.2. The van der Waals surface area contributed by atoms with E-state index in [1.165, 1.54) is 32.6 Å². The molecule has 1 aliphatic rings. The van der Waals surface area contributed by atoms with E-state index in [-0.39, 0.29) is 0 Å². The molecule has 2 aromatic rings. The third-order valence-corrected chi connectivity index (χ3v) is 6.64. The molecule has 0 fully saturated rings. The standard InChI is InChI=1S/C14H17NS3/c1-9-3-4-12(17-9)14(15-2)13-7-10-8-16-6-5-11(10)18-13/h3-4,7,14-15H,5-6,8H2,1-2H3. The Morgan fingerprint density at radius 1 is 1.22 bits per heavy atom. The molecule has 0 bridgehead atoms. The number of hydrogen-bond acceptors (Lipinski definition) is 4. The Morgan fingerprint density at radius 2 is 2.11 bits per heavy atom. The van der Waals surface area contributed by atoms with Crippen LogP contribution in [0.1, 0.15) is 31.1 Å². The zero-order valence-electron chi connectivity index (χ0n) is 10.7. The Labute approximate surface area is 121 Å². The maximum atomic E-state index is 3.47. The third kappa shape index (κ3) is 2.39. The van der Waals surface area contributed by atoms with E-state index >= 15 is 0 Å². The van der Waals surface area contributed by atoms with Crippen molar-refractivity contribution in [3.05, 3.63) is 43.3 Å². The minimum atomic E-state index is 0.379. The Kier molecular flexibility index (Phi) is 3.80. The van der Waals surface area contributed by atoms with E-state index in [1.54, 1.807) is 10.4 Å². The third-order valence-electron chi connectivity index (χ3n) is 3.27. The number of nitrogens with one attached hydrogen (secondary N) is 1. The van der Waals surface area contributed by atoms with Gasteiger partial charge in [0.2, 0.25) is 0 Å². The Hall–Kier alpha value is -0.290. The van der Waals surface area contributed by atoms with Crippen LogP contribution in [0.5, 0.6) is 0 Å². The summed E-state index contributed by atoms with van der Waals surface area (Å²) in [6.45, 7) is 2.18. The second-order valence-electron chi connectivity index (χ2n) is 4.57. The molecule has 3 heterocycles. The summed E-state index contributed by atoms with van der Waals surface area (Å²) in [4.78, 5) is 5.91. The van der Waals surface area contributed by atoms with Crippen molar-refractivity contribution in [2.75, 3.05) is 12.8 Å². The lowest BCUT2D eigenvalue weighted by Crippen LogP contribution is -2.15. The maximum Gasteiger partial charge on any atom is 0.0762 e. The van der Waals surface area contributed by atoms with Gasteiger partial charge in [-0.25, -0.2) is 0 Å². The van der Waals surface area contributed by atoms with Crippen LogP contribution in [0.25, 0.3) is 0 Å². The van der Waals surface area contributed by atoms with Crippen molar-refractivity contribution in [2.24, 2.45) is 0 Å².